The first-order chi connectivity index (χ1) is 28.1. The van der Waals surface area contributed by atoms with Gasteiger partial charge in [-0.1, -0.05) is 24.3 Å². The number of aryl methyl sites for hydroxylation is 4. The Labute approximate surface area is 340 Å². The van der Waals surface area contributed by atoms with Gasteiger partial charge in [-0.3, -0.25) is 14.5 Å². The standard InChI is InChI=1S/C44H55N5O9/c1-31-22-32(2)49(46-31)38-23-35(24-40(26-38)57-21-20-55-18-19-56-30-42(51)52)36(25-43(53)54-3)28-47-17-15-33(27-47)11-13-37-14-12-34-8-7-16-48(44(34)45-37)41(50)29-58-39-9-5-4-6-10-39/h4-6,9-10,12,14,22-24,26,33,36H,7-8,11,13,15-21,25,27-30H2,1-3H3,(H,51,52)/t33-,36-/m1/s1. The third-order valence-corrected chi connectivity index (χ3v) is 10.5. The monoisotopic (exact) mass is 797 g/mol. The molecule has 58 heavy (non-hydrogen) atoms. The van der Waals surface area contributed by atoms with Gasteiger partial charge in [0, 0.05) is 43.0 Å². The third kappa shape index (κ3) is 12.1. The molecule has 4 heterocycles. The van der Waals surface area contributed by atoms with E-state index in [0.29, 0.717) is 30.5 Å². The second kappa shape index (κ2) is 20.9. The van der Waals surface area contributed by atoms with Crippen molar-refractivity contribution in [3.8, 4) is 17.2 Å². The summed E-state index contributed by atoms with van der Waals surface area (Å²) in [7, 11) is 1.42. The van der Waals surface area contributed by atoms with E-state index in [1.54, 1.807) is 4.90 Å². The first-order valence-corrected chi connectivity index (χ1v) is 20.1. The van der Waals surface area contributed by atoms with E-state index < -0.39 is 5.97 Å². The van der Waals surface area contributed by atoms with Gasteiger partial charge in [0.1, 0.15) is 30.5 Å². The molecular weight excluding hydrogens is 743 g/mol. The number of ether oxygens (including phenoxy) is 5. The van der Waals surface area contributed by atoms with Crippen molar-refractivity contribution < 1.29 is 43.2 Å². The predicted molar refractivity (Wildman–Crippen MR) is 217 cm³/mol. The number of likely N-dealkylation sites (tertiary alicyclic amines) is 1. The maximum Gasteiger partial charge on any atom is 0.329 e. The summed E-state index contributed by atoms with van der Waals surface area (Å²) in [5, 5.41) is 13.4. The average Bonchev–Trinajstić information content (AvgIpc) is 3.83. The highest BCUT2D eigenvalue weighted by Crippen LogP contribution is 2.32. The number of esters is 1. The molecule has 2 atom stereocenters. The lowest BCUT2D eigenvalue weighted by Gasteiger charge is -2.28. The number of carboxylic acid groups (broad SMARTS) is 1. The van der Waals surface area contributed by atoms with E-state index in [1.807, 2.05) is 67.1 Å². The molecule has 2 aliphatic heterocycles. The number of hydrogen-bond acceptors (Lipinski definition) is 11. The highest BCUT2D eigenvalue weighted by atomic mass is 16.5. The third-order valence-electron chi connectivity index (χ3n) is 10.5. The van der Waals surface area contributed by atoms with Crippen LogP contribution < -0.4 is 14.4 Å². The summed E-state index contributed by atoms with van der Waals surface area (Å²) in [6.07, 6.45) is 4.82. The molecule has 0 saturated carbocycles. The van der Waals surface area contributed by atoms with Crippen molar-refractivity contribution in [3.05, 3.63) is 94.9 Å². The maximum absolute atomic E-state index is 13.3. The Morgan fingerprint density at radius 2 is 1.71 bits per heavy atom. The molecule has 2 aliphatic rings. The number of nitrogens with zero attached hydrogens (tertiary/aromatic N) is 5. The van der Waals surface area contributed by atoms with Crippen LogP contribution in [-0.4, -0.2) is 116 Å². The van der Waals surface area contributed by atoms with E-state index in [2.05, 4.69) is 23.1 Å². The summed E-state index contributed by atoms with van der Waals surface area (Å²) in [5.74, 6) is 0.954. The molecule has 1 fully saturated rings. The smallest absolute Gasteiger partial charge is 0.329 e. The number of para-hydroxylation sites is 1. The molecule has 0 radical (unpaired) electrons. The van der Waals surface area contributed by atoms with Gasteiger partial charge >= 0.3 is 11.9 Å². The van der Waals surface area contributed by atoms with Crippen molar-refractivity contribution in [3.63, 3.8) is 0 Å². The Morgan fingerprint density at radius 1 is 0.897 bits per heavy atom. The van der Waals surface area contributed by atoms with Gasteiger partial charge in [-0.05, 0) is 106 Å². The molecule has 4 aromatic rings. The van der Waals surface area contributed by atoms with Gasteiger partial charge in [-0.25, -0.2) is 14.5 Å². The van der Waals surface area contributed by atoms with Crippen LogP contribution in [0.2, 0.25) is 0 Å². The number of carbonyl (C=O) groups is 3. The SMILES string of the molecule is COC(=O)C[C@H](CN1CC[C@@H](CCc2ccc3c(n2)N(C(=O)COc2ccccc2)CCC3)C1)c1cc(OCCOCCOCC(=O)O)cc(-n2nc(C)cc2C)c1. The number of aliphatic carboxylic acids is 1. The number of fused-ring (bicyclic) bond motifs is 1. The number of rotatable bonds is 21. The molecular formula is C44H55N5O9. The lowest BCUT2D eigenvalue weighted by Crippen LogP contribution is -2.39. The van der Waals surface area contributed by atoms with Crippen LogP contribution in [0.3, 0.4) is 0 Å². The van der Waals surface area contributed by atoms with Crippen LogP contribution in [0.4, 0.5) is 5.82 Å². The second-order valence-electron chi connectivity index (χ2n) is 15.0. The van der Waals surface area contributed by atoms with Gasteiger partial charge in [0.2, 0.25) is 0 Å². The molecule has 0 spiro atoms. The summed E-state index contributed by atoms with van der Waals surface area (Å²) < 4.78 is 29.6. The Bertz CT molecular complexity index is 1990. The summed E-state index contributed by atoms with van der Waals surface area (Å²) in [6, 6.07) is 21.6. The molecule has 1 amide bonds. The van der Waals surface area contributed by atoms with E-state index in [4.69, 9.17) is 38.9 Å². The van der Waals surface area contributed by atoms with Crippen molar-refractivity contribution in [1.82, 2.24) is 19.7 Å². The Hall–Kier alpha value is -5.31. The van der Waals surface area contributed by atoms with Gasteiger partial charge in [-0.2, -0.15) is 5.10 Å². The van der Waals surface area contributed by atoms with Crippen molar-refractivity contribution >= 4 is 23.7 Å². The normalized spacial score (nSPS) is 15.8. The van der Waals surface area contributed by atoms with Crippen LogP contribution >= 0.6 is 0 Å². The molecule has 2 aromatic carbocycles. The Balaban J connectivity index is 1.08. The fourth-order valence-corrected chi connectivity index (χ4v) is 7.69. The molecule has 310 valence electrons. The maximum atomic E-state index is 13.3. The molecule has 1 N–H and O–H groups in total. The van der Waals surface area contributed by atoms with E-state index >= 15 is 0 Å². The van der Waals surface area contributed by atoms with Gasteiger partial charge in [0.15, 0.2) is 6.61 Å². The van der Waals surface area contributed by atoms with Gasteiger partial charge in [-0.15, -0.1) is 0 Å². The minimum absolute atomic E-state index is 0.0323. The lowest BCUT2D eigenvalue weighted by atomic mass is 9.94. The average molecular weight is 798 g/mol. The van der Waals surface area contributed by atoms with Crippen LogP contribution in [0.15, 0.2) is 66.7 Å². The minimum atomic E-state index is -1.02. The van der Waals surface area contributed by atoms with Crippen molar-refractivity contribution in [2.24, 2.45) is 5.92 Å². The van der Waals surface area contributed by atoms with Crippen LogP contribution in [0, 0.1) is 19.8 Å². The van der Waals surface area contributed by atoms with Crippen LogP contribution in [0.25, 0.3) is 5.69 Å². The number of benzene rings is 2. The van der Waals surface area contributed by atoms with Crippen molar-refractivity contribution in [2.75, 3.05) is 77.8 Å². The van der Waals surface area contributed by atoms with Crippen LogP contribution in [-0.2, 0) is 41.4 Å². The topological polar surface area (TPSA) is 155 Å². The molecule has 14 heteroatoms. The van der Waals surface area contributed by atoms with Crippen molar-refractivity contribution in [2.45, 2.75) is 58.3 Å². The van der Waals surface area contributed by atoms with Crippen LogP contribution in [0.1, 0.15) is 59.8 Å². The van der Waals surface area contributed by atoms with Gasteiger partial charge in [0.05, 0.1) is 44.7 Å². The molecule has 14 nitrogen and oxygen atoms in total. The number of methoxy groups -OCH3 is 1. The highest BCUT2D eigenvalue weighted by Gasteiger charge is 2.29. The van der Waals surface area contributed by atoms with E-state index in [1.165, 1.54) is 7.11 Å². The zero-order valence-electron chi connectivity index (χ0n) is 33.8. The number of hydrogen-bond donors (Lipinski definition) is 1. The zero-order valence-corrected chi connectivity index (χ0v) is 33.8. The quantitative estimate of drug-likeness (QED) is 0.0855. The number of anilines is 1. The number of amides is 1. The van der Waals surface area contributed by atoms with Gasteiger partial charge < -0.3 is 33.7 Å². The Morgan fingerprint density at radius 3 is 2.48 bits per heavy atom. The fourth-order valence-electron chi connectivity index (χ4n) is 7.69. The minimum Gasteiger partial charge on any atom is -0.491 e. The lowest BCUT2D eigenvalue weighted by molar-refractivity contribution is -0.143. The van der Waals surface area contributed by atoms with Crippen molar-refractivity contribution in [1.29, 1.82) is 0 Å². The van der Waals surface area contributed by atoms with E-state index in [0.717, 1.165) is 84.9 Å². The number of aromatic nitrogens is 3. The zero-order chi connectivity index (χ0) is 40.9. The molecule has 0 aliphatic carbocycles. The van der Waals surface area contributed by atoms with Crippen LogP contribution in [0.5, 0.6) is 11.5 Å². The summed E-state index contributed by atoms with van der Waals surface area (Å²) >= 11 is 0. The second-order valence-corrected chi connectivity index (χ2v) is 15.0. The summed E-state index contributed by atoms with van der Waals surface area (Å²) in [5.41, 5.74) is 5.72. The Kier molecular flexibility index (Phi) is 15.3. The summed E-state index contributed by atoms with van der Waals surface area (Å²) in [4.78, 5) is 46.0. The number of carboxylic acids is 1. The molecule has 0 bridgehead atoms. The molecule has 0 unspecified atom stereocenters. The number of pyridine rings is 1. The first-order valence-electron chi connectivity index (χ1n) is 20.1. The fraction of sp³-hybridized carbons (Fsp3) is 0.477. The first kappa shape index (κ1) is 42.3. The van der Waals surface area contributed by atoms with Gasteiger partial charge in [0.25, 0.3) is 5.91 Å². The van der Waals surface area contributed by atoms with E-state index in [-0.39, 0.29) is 63.9 Å². The largest absolute Gasteiger partial charge is 0.491 e. The summed E-state index contributed by atoms with van der Waals surface area (Å²) in [6.45, 7) is 7.65. The molecule has 1 saturated heterocycles. The highest BCUT2D eigenvalue weighted by molar-refractivity contribution is 5.94. The molecule has 2 aromatic heterocycles. The number of carbonyl (C=O) groups excluding carboxylic acids is 2. The molecule has 6 rings (SSSR count). The van der Waals surface area contributed by atoms with E-state index in [9.17, 15) is 14.4 Å². The predicted octanol–water partition coefficient (Wildman–Crippen LogP) is 5.34.